The first-order valence-corrected chi connectivity index (χ1v) is 13.0. The fraction of sp³-hybridized carbons (Fsp3) is 0.364. The third-order valence-corrected chi connectivity index (χ3v) is 8.07. The van der Waals surface area contributed by atoms with Gasteiger partial charge in [-0.05, 0) is 56.4 Å². The second kappa shape index (κ2) is 10.5. The Kier molecular flexibility index (Phi) is 7.63. The van der Waals surface area contributed by atoms with E-state index in [-0.39, 0.29) is 11.7 Å². The van der Waals surface area contributed by atoms with Gasteiger partial charge in [-0.15, -0.1) is 21.5 Å². The summed E-state index contributed by atoms with van der Waals surface area (Å²) in [7, 11) is 1.36. The van der Waals surface area contributed by atoms with Gasteiger partial charge in [0.1, 0.15) is 5.00 Å². The standard InChI is InChI=1S/C22H22Cl2N4O3S2/c1-3-28-19(13-9-8-12(23)10-15(13)24)26-27-22(28)32-11-17(29)25-20-18(21(30)31-2)14-6-4-5-7-16(14)33-20/h8-10H,3-7,11H2,1-2H3,(H,25,29). The van der Waals surface area contributed by atoms with Crippen LogP contribution in [0.5, 0.6) is 0 Å². The maximum Gasteiger partial charge on any atom is 0.341 e. The number of carbonyl (C=O) groups is 2. The van der Waals surface area contributed by atoms with E-state index in [0.717, 1.165) is 41.7 Å². The molecule has 0 radical (unpaired) electrons. The number of rotatable bonds is 7. The molecule has 2 aromatic heterocycles. The smallest absolute Gasteiger partial charge is 0.341 e. The van der Waals surface area contributed by atoms with Crippen LogP contribution in [0.3, 0.4) is 0 Å². The average Bonchev–Trinajstić information content (AvgIpc) is 3.37. The Morgan fingerprint density at radius 2 is 2.03 bits per heavy atom. The fourth-order valence-electron chi connectivity index (χ4n) is 3.82. The number of ether oxygens (including phenoxy) is 1. The molecule has 1 aliphatic carbocycles. The molecule has 2 heterocycles. The van der Waals surface area contributed by atoms with Gasteiger partial charge in [-0.2, -0.15) is 0 Å². The molecule has 0 aliphatic heterocycles. The van der Waals surface area contributed by atoms with Gasteiger partial charge in [-0.1, -0.05) is 35.0 Å². The second-order valence-corrected chi connectivity index (χ2v) is 10.3. The maximum atomic E-state index is 12.8. The molecule has 0 unspecified atom stereocenters. The van der Waals surface area contributed by atoms with Crippen molar-refractivity contribution >= 4 is 63.2 Å². The lowest BCUT2D eigenvalue weighted by atomic mass is 9.95. The van der Waals surface area contributed by atoms with Crippen molar-refractivity contribution in [3.05, 3.63) is 44.2 Å². The Labute approximate surface area is 209 Å². The summed E-state index contributed by atoms with van der Waals surface area (Å²) in [6.07, 6.45) is 3.87. The largest absolute Gasteiger partial charge is 0.465 e. The number of thiophene rings is 1. The number of nitrogens with one attached hydrogen (secondary N) is 1. The van der Waals surface area contributed by atoms with Crippen LogP contribution in [0.2, 0.25) is 10.0 Å². The predicted molar refractivity (Wildman–Crippen MR) is 133 cm³/mol. The van der Waals surface area contributed by atoms with E-state index in [1.165, 1.54) is 30.2 Å². The zero-order valence-corrected chi connectivity index (χ0v) is 21.3. The van der Waals surface area contributed by atoms with Gasteiger partial charge in [0.05, 0.1) is 23.4 Å². The van der Waals surface area contributed by atoms with Crippen molar-refractivity contribution in [1.29, 1.82) is 0 Å². The molecule has 0 spiro atoms. The molecule has 0 atom stereocenters. The van der Waals surface area contributed by atoms with Crippen molar-refractivity contribution in [2.24, 2.45) is 0 Å². The monoisotopic (exact) mass is 524 g/mol. The molecule has 1 amide bonds. The molecule has 4 rings (SSSR count). The van der Waals surface area contributed by atoms with Crippen LogP contribution in [0, 0.1) is 0 Å². The van der Waals surface area contributed by atoms with Crippen LogP contribution in [-0.2, 0) is 28.9 Å². The summed E-state index contributed by atoms with van der Waals surface area (Å²) in [5.74, 6) is 0.101. The van der Waals surface area contributed by atoms with Gasteiger partial charge in [0.2, 0.25) is 5.91 Å². The number of aromatic nitrogens is 3. The van der Waals surface area contributed by atoms with Gasteiger partial charge in [0.25, 0.3) is 0 Å². The van der Waals surface area contributed by atoms with Crippen LogP contribution in [0.4, 0.5) is 5.00 Å². The molecule has 1 N–H and O–H groups in total. The van der Waals surface area contributed by atoms with Gasteiger partial charge >= 0.3 is 5.97 Å². The Bertz CT molecular complexity index is 1210. The summed E-state index contributed by atoms with van der Waals surface area (Å²) in [6.45, 7) is 2.58. The molecule has 11 heteroatoms. The fourth-order valence-corrected chi connectivity index (χ4v) is 6.40. The van der Waals surface area contributed by atoms with E-state index in [2.05, 4.69) is 15.5 Å². The normalized spacial score (nSPS) is 13.0. The molecule has 1 aliphatic rings. The number of benzene rings is 1. The third kappa shape index (κ3) is 5.06. The minimum absolute atomic E-state index is 0.121. The Hall–Kier alpha value is -2.07. The number of carbonyl (C=O) groups excluding carboxylic acids is 2. The molecule has 3 aromatic rings. The molecule has 0 fully saturated rings. The van der Waals surface area contributed by atoms with E-state index in [9.17, 15) is 9.59 Å². The molecule has 0 saturated heterocycles. The van der Waals surface area contributed by atoms with Crippen LogP contribution < -0.4 is 5.32 Å². The maximum absolute atomic E-state index is 12.8. The van der Waals surface area contributed by atoms with E-state index in [1.54, 1.807) is 18.2 Å². The molecule has 0 saturated carbocycles. The Balaban J connectivity index is 1.50. The summed E-state index contributed by atoms with van der Waals surface area (Å²) < 4.78 is 6.87. The van der Waals surface area contributed by atoms with E-state index < -0.39 is 5.97 Å². The number of hydrogen-bond acceptors (Lipinski definition) is 7. The molecular formula is C22H22Cl2N4O3S2. The molecule has 1 aromatic carbocycles. The summed E-state index contributed by atoms with van der Waals surface area (Å²) in [6, 6.07) is 5.21. The first-order valence-electron chi connectivity index (χ1n) is 10.5. The van der Waals surface area contributed by atoms with Gasteiger partial charge in [0.15, 0.2) is 11.0 Å². The third-order valence-electron chi connectivity index (χ3n) is 5.35. The quantitative estimate of drug-likeness (QED) is 0.313. The molecule has 7 nitrogen and oxygen atoms in total. The Morgan fingerprint density at radius 1 is 1.24 bits per heavy atom. The first-order chi connectivity index (χ1) is 15.9. The molecule has 33 heavy (non-hydrogen) atoms. The zero-order chi connectivity index (χ0) is 23.5. The first kappa shape index (κ1) is 24.1. The summed E-state index contributed by atoms with van der Waals surface area (Å²) in [5.41, 5.74) is 2.22. The van der Waals surface area contributed by atoms with Crippen molar-refractivity contribution in [1.82, 2.24) is 14.8 Å². The SMILES string of the molecule is CCn1c(SCC(=O)Nc2sc3c(c2C(=O)OC)CCCC3)nnc1-c1ccc(Cl)cc1Cl. The van der Waals surface area contributed by atoms with Crippen LogP contribution in [-0.4, -0.2) is 39.5 Å². The highest BCUT2D eigenvalue weighted by molar-refractivity contribution is 7.99. The molecule has 0 bridgehead atoms. The number of esters is 1. The topological polar surface area (TPSA) is 86.1 Å². The minimum Gasteiger partial charge on any atom is -0.465 e. The van der Waals surface area contributed by atoms with E-state index in [4.69, 9.17) is 27.9 Å². The van der Waals surface area contributed by atoms with Gasteiger partial charge in [0, 0.05) is 22.0 Å². The number of halogens is 2. The van der Waals surface area contributed by atoms with Crippen LogP contribution in [0.1, 0.15) is 40.6 Å². The number of fused-ring (bicyclic) bond motifs is 1. The van der Waals surface area contributed by atoms with Crippen molar-refractivity contribution in [2.45, 2.75) is 44.3 Å². The van der Waals surface area contributed by atoms with Crippen molar-refractivity contribution in [3.63, 3.8) is 0 Å². The van der Waals surface area contributed by atoms with Gasteiger partial charge in [-0.25, -0.2) is 4.79 Å². The molecule has 174 valence electrons. The summed E-state index contributed by atoms with van der Waals surface area (Å²) in [4.78, 5) is 26.3. The van der Waals surface area contributed by atoms with Crippen molar-refractivity contribution in [3.8, 4) is 11.4 Å². The predicted octanol–water partition coefficient (Wildman–Crippen LogP) is 5.73. The second-order valence-electron chi connectivity index (χ2n) is 7.42. The summed E-state index contributed by atoms with van der Waals surface area (Å²) >= 11 is 15.1. The van der Waals surface area contributed by atoms with Gasteiger partial charge < -0.3 is 14.6 Å². The van der Waals surface area contributed by atoms with Crippen LogP contribution in [0.15, 0.2) is 23.4 Å². The number of thioether (sulfide) groups is 1. The highest BCUT2D eigenvalue weighted by atomic mass is 35.5. The minimum atomic E-state index is -0.410. The highest BCUT2D eigenvalue weighted by Crippen LogP contribution is 2.39. The van der Waals surface area contributed by atoms with Crippen molar-refractivity contribution < 1.29 is 14.3 Å². The average molecular weight is 525 g/mol. The number of anilines is 1. The Morgan fingerprint density at radius 3 is 2.76 bits per heavy atom. The van der Waals surface area contributed by atoms with Gasteiger partial charge in [-0.3, -0.25) is 4.79 Å². The number of hydrogen-bond donors (Lipinski definition) is 1. The van der Waals surface area contributed by atoms with Crippen LogP contribution >= 0.6 is 46.3 Å². The lowest BCUT2D eigenvalue weighted by molar-refractivity contribution is -0.113. The van der Waals surface area contributed by atoms with Crippen molar-refractivity contribution in [2.75, 3.05) is 18.2 Å². The number of amides is 1. The lowest BCUT2D eigenvalue weighted by Gasteiger charge is -2.11. The van der Waals surface area contributed by atoms with E-state index >= 15 is 0 Å². The molecular weight excluding hydrogens is 503 g/mol. The van der Waals surface area contributed by atoms with Crippen LogP contribution in [0.25, 0.3) is 11.4 Å². The van der Waals surface area contributed by atoms with E-state index in [0.29, 0.717) is 38.1 Å². The number of aryl methyl sites for hydroxylation is 1. The van der Waals surface area contributed by atoms with E-state index in [1.807, 2.05) is 11.5 Å². The zero-order valence-electron chi connectivity index (χ0n) is 18.1. The number of methoxy groups -OCH3 is 1. The number of nitrogens with zero attached hydrogens (tertiary/aromatic N) is 3. The highest BCUT2D eigenvalue weighted by Gasteiger charge is 2.27. The summed E-state index contributed by atoms with van der Waals surface area (Å²) in [5, 5.41) is 13.6. The lowest BCUT2D eigenvalue weighted by Crippen LogP contribution is -2.17.